The molecule has 0 radical (unpaired) electrons. The SMILES string of the molecule is C=C1CC(C)CC2CC=CC(C/C=C/C(=O)OC(C(C=CC3CC(C)=CCO3)O[Si](C)(C)C(C)(C)C)C/C=C/C(OC(=O)c3ccc([N+](=O)[O-])cc3)C1)O2. The van der Waals surface area contributed by atoms with Crippen LogP contribution in [0.5, 0.6) is 0 Å². The van der Waals surface area contributed by atoms with Crippen molar-refractivity contribution >= 4 is 25.9 Å². The van der Waals surface area contributed by atoms with Crippen molar-refractivity contribution in [2.75, 3.05) is 6.61 Å². The van der Waals surface area contributed by atoms with E-state index in [1.807, 2.05) is 30.4 Å². The number of cyclic esters (lactones) is 1. The summed E-state index contributed by atoms with van der Waals surface area (Å²) in [4.78, 5) is 37.5. The minimum atomic E-state index is -2.38. The van der Waals surface area contributed by atoms with Gasteiger partial charge in [-0.15, -0.1) is 0 Å². The van der Waals surface area contributed by atoms with Crippen LogP contribution in [0.15, 0.2) is 96.7 Å². The molecule has 0 N–H and O–H groups in total. The van der Waals surface area contributed by atoms with Crippen LogP contribution in [0.25, 0.3) is 0 Å². The summed E-state index contributed by atoms with van der Waals surface area (Å²) in [6.07, 6.45) is 19.3. The van der Waals surface area contributed by atoms with E-state index in [-0.39, 0.29) is 46.9 Å². The molecule has 54 heavy (non-hydrogen) atoms. The van der Waals surface area contributed by atoms with E-state index in [9.17, 15) is 19.7 Å². The van der Waals surface area contributed by atoms with Gasteiger partial charge in [-0.1, -0.05) is 88.0 Å². The van der Waals surface area contributed by atoms with Crippen LogP contribution in [0.2, 0.25) is 18.1 Å². The number of carbonyl (C=O) groups is 2. The molecule has 1 aromatic carbocycles. The predicted molar refractivity (Wildman–Crippen MR) is 214 cm³/mol. The zero-order valence-corrected chi connectivity index (χ0v) is 34.0. The lowest BCUT2D eigenvalue weighted by molar-refractivity contribution is -0.384. The van der Waals surface area contributed by atoms with E-state index >= 15 is 0 Å². The summed E-state index contributed by atoms with van der Waals surface area (Å²) in [5, 5.41) is 11.1. The van der Waals surface area contributed by atoms with Crippen molar-refractivity contribution in [1.29, 1.82) is 0 Å². The lowest BCUT2D eigenvalue weighted by Gasteiger charge is -2.40. The highest BCUT2D eigenvalue weighted by Gasteiger charge is 2.41. The molecule has 0 aliphatic carbocycles. The first-order chi connectivity index (χ1) is 25.5. The summed E-state index contributed by atoms with van der Waals surface area (Å²) >= 11 is 0. The Morgan fingerprint density at radius 2 is 1.78 bits per heavy atom. The van der Waals surface area contributed by atoms with E-state index in [0.29, 0.717) is 19.4 Å². The van der Waals surface area contributed by atoms with Gasteiger partial charge < -0.3 is 23.4 Å². The highest BCUT2D eigenvalue weighted by Crippen LogP contribution is 2.38. The number of nitrogens with zero attached hydrogens (tertiary/aromatic N) is 1. The Hall–Kier alpha value is -3.90. The molecule has 0 saturated carbocycles. The molecular formula is C43H59NO9Si. The molecular weight excluding hydrogens is 703 g/mol. The third-order valence-corrected chi connectivity index (χ3v) is 14.9. The zero-order chi connectivity index (χ0) is 39.5. The predicted octanol–water partition coefficient (Wildman–Crippen LogP) is 9.70. The fourth-order valence-corrected chi connectivity index (χ4v) is 7.73. The molecule has 4 rings (SSSR count). The minimum absolute atomic E-state index is 0.0366. The Bertz CT molecular complexity index is 1620. The van der Waals surface area contributed by atoms with Crippen LogP contribution in [0.3, 0.4) is 0 Å². The van der Waals surface area contributed by atoms with Crippen molar-refractivity contribution < 1.29 is 37.9 Å². The monoisotopic (exact) mass is 761 g/mol. The van der Waals surface area contributed by atoms with Gasteiger partial charge in [-0.25, -0.2) is 9.59 Å². The van der Waals surface area contributed by atoms with E-state index < -0.39 is 43.5 Å². The Morgan fingerprint density at radius 3 is 2.46 bits per heavy atom. The second-order valence-electron chi connectivity index (χ2n) is 16.3. The topological polar surface area (TPSA) is 123 Å². The number of nitro benzene ring substituents is 1. The summed E-state index contributed by atoms with van der Waals surface area (Å²) < 4.78 is 31.6. The average Bonchev–Trinajstić information content (AvgIpc) is 3.08. The Kier molecular flexibility index (Phi) is 15.6. The maximum absolute atomic E-state index is 13.5. The van der Waals surface area contributed by atoms with Gasteiger partial charge in [0, 0.05) is 31.1 Å². The lowest BCUT2D eigenvalue weighted by atomic mass is 9.91. The number of rotatable bonds is 8. The summed E-state index contributed by atoms with van der Waals surface area (Å²) in [6.45, 7) is 20.0. The molecule has 0 amide bonds. The number of hydrogen-bond donors (Lipinski definition) is 0. The third kappa shape index (κ3) is 13.4. The number of ether oxygens (including phenoxy) is 4. The largest absolute Gasteiger partial charge is 0.456 e. The Morgan fingerprint density at radius 1 is 1.06 bits per heavy atom. The van der Waals surface area contributed by atoms with Crippen molar-refractivity contribution in [2.24, 2.45) is 5.92 Å². The fraction of sp³-hybridized carbons (Fsp3) is 0.535. The molecule has 294 valence electrons. The smallest absolute Gasteiger partial charge is 0.338 e. The second-order valence-corrected chi connectivity index (χ2v) is 21.1. The number of nitro groups is 1. The third-order valence-electron chi connectivity index (χ3n) is 10.5. The van der Waals surface area contributed by atoms with Crippen molar-refractivity contribution in [3.05, 3.63) is 112 Å². The van der Waals surface area contributed by atoms with Crippen molar-refractivity contribution in [1.82, 2.24) is 0 Å². The number of benzene rings is 1. The van der Waals surface area contributed by atoms with Gasteiger partial charge in [-0.2, -0.15) is 0 Å². The summed E-state index contributed by atoms with van der Waals surface area (Å²) in [6, 6.07) is 5.34. The minimum Gasteiger partial charge on any atom is -0.456 e. The van der Waals surface area contributed by atoms with E-state index in [4.69, 9.17) is 23.4 Å². The van der Waals surface area contributed by atoms with Crippen LogP contribution in [0.4, 0.5) is 5.69 Å². The molecule has 1 aromatic rings. The number of fused-ring (bicyclic) bond motifs is 2. The van der Waals surface area contributed by atoms with Gasteiger partial charge in [0.15, 0.2) is 8.32 Å². The van der Waals surface area contributed by atoms with Crippen molar-refractivity contribution in [3.8, 4) is 0 Å². The second kappa shape index (κ2) is 19.6. The van der Waals surface area contributed by atoms with Crippen molar-refractivity contribution in [2.45, 2.75) is 134 Å². The summed E-state index contributed by atoms with van der Waals surface area (Å²) in [7, 11) is -2.38. The molecule has 11 heteroatoms. The standard InChI is InChI=1S/C43H59NO9Si/c1-30-24-25-49-36(27-30)22-23-40(53-54(7,8)43(4,5)6)39-16-10-15-38(51-42(46)33-18-20-34(21-19-33)44(47)48)29-32(3)26-31(2)28-37-14-9-12-35(50-37)13-11-17-41(45)52-39/h9-12,15,17-24,31,35-40H,3,13-14,16,25-29H2,1-2,4-8H3/b15-10+,17-11+,23-22?. The number of carbonyl (C=O) groups excluding carboxylic acids is 2. The van der Waals surface area contributed by atoms with Crippen LogP contribution < -0.4 is 0 Å². The van der Waals surface area contributed by atoms with E-state index in [0.717, 1.165) is 31.3 Å². The molecule has 3 heterocycles. The van der Waals surface area contributed by atoms with Gasteiger partial charge in [-0.05, 0) is 81.3 Å². The van der Waals surface area contributed by atoms with E-state index in [1.54, 1.807) is 6.08 Å². The first-order valence-corrected chi connectivity index (χ1v) is 22.0. The van der Waals surface area contributed by atoms with Gasteiger partial charge in [-0.3, -0.25) is 10.1 Å². The molecule has 0 saturated heterocycles. The van der Waals surface area contributed by atoms with Crippen LogP contribution in [-0.2, 0) is 28.2 Å². The van der Waals surface area contributed by atoms with Gasteiger partial charge >= 0.3 is 11.9 Å². The summed E-state index contributed by atoms with van der Waals surface area (Å²) in [5.41, 5.74) is 2.25. The molecule has 3 aliphatic heterocycles. The normalized spacial score (nSPS) is 28.2. The zero-order valence-electron chi connectivity index (χ0n) is 33.0. The van der Waals surface area contributed by atoms with Crippen LogP contribution in [-0.4, -0.2) is 68.4 Å². The first-order valence-electron chi connectivity index (χ1n) is 19.1. The quantitative estimate of drug-likeness (QED) is 0.0838. The Labute approximate surface area is 322 Å². The molecule has 0 fully saturated rings. The first kappa shape index (κ1) is 42.8. The molecule has 7 atom stereocenters. The average molecular weight is 762 g/mol. The van der Waals surface area contributed by atoms with Gasteiger partial charge in [0.25, 0.3) is 5.69 Å². The molecule has 0 aromatic heterocycles. The van der Waals surface area contributed by atoms with Gasteiger partial charge in [0.05, 0.1) is 35.4 Å². The Balaban J connectivity index is 1.68. The van der Waals surface area contributed by atoms with Gasteiger partial charge in [0.1, 0.15) is 18.3 Å². The number of hydrogen-bond acceptors (Lipinski definition) is 9. The molecule has 7 unspecified atom stereocenters. The maximum Gasteiger partial charge on any atom is 0.338 e. The van der Waals surface area contributed by atoms with E-state index in [1.165, 1.54) is 35.9 Å². The van der Waals surface area contributed by atoms with Crippen LogP contribution in [0, 0.1) is 16.0 Å². The van der Waals surface area contributed by atoms with E-state index in [2.05, 4.69) is 66.4 Å². The highest BCUT2D eigenvalue weighted by atomic mass is 28.4. The molecule has 10 nitrogen and oxygen atoms in total. The number of non-ortho nitro benzene ring substituents is 1. The van der Waals surface area contributed by atoms with Crippen LogP contribution in [0.1, 0.15) is 89.9 Å². The van der Waals surface area contributed by atoms with Crippen LogP contribution >= 0.6 is 0 Å². The highest BCUT2D eigenvalue weighted by molar-refractivity contribution is 6.74. The molecule has 3 aliphatic rings. The maximum atomic E-state index is 13.5. The van der Waals surface area contributed by atoms with Gasteiger partial charge in [0.2, 0.25) is 0 Å². The number of esters is 2. The van der Waals surface area contributed by atoms with Crippen molar-refractivity contribution in [3.63, 3.8) is 0 Å². The fourth-order valence-electron chi connectivity index (χ4n) is 6.47. The molecule has 0 spiro atoms. The summed E-state index contributed by atoms with van der Waals surface area (Å²) in [5.74, 6) is -0.826. The lowest BCUT2D eigenvalue weighted by Crippen LogP contribution is -2.47. The molecule has 2 bridgehead atoms.